The van der Waals surface area contributed by atoms with Gasteiger partial charge in [-0.2, -0.15) is 0 Å². The SMILES string of the molecule is CCCc1cc(CCC)c(COc2ccccc2-c2cccc(C=O)c2O)c(CCC)c1. The van der Waals surface area contributed by atoms with E-state index in [1.807, 2.05) is 30.3 Å². The first-order chi connectivity index (χ1) is 15.6. The number of rotatable bonds is 11. The second kappa shape index (κ2) is 11.5. The molecule has 0 aliphatic carbocycles. The molecule has 0 fully saturated rings. The molecule has 0 saturated carbocycles. The van der Waals surface area contributed by atoms with E-state index < -0.39 is 0 Å². The van der Waals surface area contributed by atoms with Crippen LogP contribution in [-0.4, -0.2) is 11.4 Å². The lowest BCUT2D eigenvalue weighted by molar-refractivity contribution is 0.112. The zero-order valence-electron chi connectivity index (χ0n) is 19.5. The van der Waals surface area contributed by atoms with Gasteiger partial charge >= 0.3 is 0 Å². The smallest absolute Gasteiger partial charge is 0.153 e. The second-order valence-electron chi connectivity index (χ2n) is 8.29. The van der Waals surface area contributed by atoms with Crippen LogP contribution in [0.4, 0.5) is 0 Å². The molecule has 0 saturated heterocycles. The molecule has 1 N–H and O–H groups in total. The molecule has 3 aromatic rings. The maximum absolute atomic E-state index is 11.3. The Morgan fingerprint density at radius 2 is 1.44 bits per heavy atom. The van der Waals surface area contributed by atoms with Crippen molar-refractivity contribution in [1.82, 2.24) is 0 Å². The number of aryl methyl sites for hydroxylation is 3. The third kappa shape index (κ3) is 5.40. The molecular formula is C29H34O3. The van der Waals surface area contributed by atoms with Crippen LogP contribution in [0.5, 0.6) is 11.5 Å². The highest BCUT2D eigenvalue weighted by Gasteiger charge is 2.15. The Morgan fingerprint density at radius 1 is 0.812 bits per heavy atom. The maximum Gasteiger partial charge on any atom is 0.153 e. The Bertz CT molecular complexity index is 1030. The van der Waals surface area contributed by atoms with E-state index in [2.05, 4.69) is 32.9 Å². The minimum atomic E-state index is -0.0131. The number of ether oxygens (including phenoxy) is 1. The van der Waals surface area contributed by atoms with Crippen LogP contribution in [0.25, 0.3) is 11.1 Å². The Balaban J connectivity index is 1.98. The van der Waals surface area contributed by atoms with Crippen LogP contribution < -0.4 is 4.74 Å². The summed E-state index contributed by atoms with van der Waals surface area (Å²) in [4.78, 5) is 11.3. The van der Waals surface area contributed by atoms with Gasteiger partial charge in [-0.1, -0.05) is 82.5 Å². The van der Waals surface area contributed by atoms with Gasteiger partial charge in [0.1, 0.15) is 18.1 Å². The van der Waals surface area contributed by atoms with Crippen molar-refractivity contribution in [1.29, 1.82) is 0 Å². The first kappa shape index (κ1) is 23.6. The van der Waals surface area contributed by atoms with Crippen LogP contribution in [0.2, 0.25) is 0 Å². The van der Waals surface area contributed by atoms with Crippen molar-refractivity contribution in [3.8, 4) is 22.6 Å². The first-order valence-corrected chi connectivity index (χ1v) is 11.8. The molecule has 0 unspecified atom stereocenters. The van der Waals surface area contributed by atoms with Crippen LogP contribution in [0.1, 0.15) is 72.6 Å². The number of aromatic hydroxyl groups is 1. The summed E-state index contributed by atoms with van der Waals surface area (Å²) < 4.78 is 6.38. The number of carbonyl (C=O) groups is 1. The van der Waals surface area contributed by atoms with Crippen molar-refractivity contribution in [3.05, 3.63) is 82.4 Å². The summed E-state index contributed by atoms with van der Waals surface area (Å²) in [5.41, 5.74) is 7.12. The van der Waals surface area contributed by atoms with Crippen molar-refractivity contribution in [2.45, 2.75) is 65.9 Å². The van der Waals surface area contributed by atoms with Crippen molar-refractivity contribution >= 4 is 6.29 Å². The van der Waals surface area contributed by atoms with Gasteiger partial charge in [0.2, 0.25) is 0 Å². The zero-order chi connectivity index (χ0) is 22.9. The van der Waals surface area contributed by atoms with Gasteiger partial charge in [-0.15, -0.1) is 0 Å². The number of hydrogen-bond donors (Lipinski definition) is 1. The van der Waals surface area contributed by atoms with Crippen LogP contribution >= 0.6 is 0 Å². The largest absolute Gasteiger partial charge is 0.507 e. The van der Waals surface area contributed by atoms with Crippen molar-refractivity contribution in [2.75, 3.05) is 0 Å². The first-order valence-electron chi connectivity index (χ1n) is 11.8. The number of hydrogen-bond acceptors (Lipinski definition) is 3. The highest BCUT2D eigenvalue weighted by atomic mass is 16.5. The minimum Gasteiger partial charge on any atom is -0.507 e. The predicted octanol–water partition coefficient (Wildman–Crippen LogP) is 7.31. The van der Waals surface area contributed by atoms with E-state index in [0.717, 1.165) is 44.1 Å². The normalized spacial score (nSPS) is 10.8. The van der Waals surface area contributed by atoms with Crippen LogP contribution in [0, 0.1) is 0 Å². The molecule has 0 heterocycles. The average Bonchev–Trinajstić information content (AvgIpc) is 2.80. The second-order valence-corrected chi connectivity index (χ2v) is 8.29. The molecule has 0 spiro atoms. The molecule has 3 rings (SSSR count). The fourth-order valence-electron chi connectivity index (χ4n) is 4.31. The van der Waals surface area contributed by atoms with Crippen LogP contribution in [0.15, 0.2) is 54.6 Å². The highest BCUT2D eigenvalue weighted by Crippen LogP contribution is 2.37. The van der Waals surface area contributed by atoms with Gasteiger partial charge in [-0.25, -0.2) is 0 Å². The third-order valence-electron chi connectivity index (χ3n) is 5.82. The molecule has 3 nitrogen and oxygen atoms in total. The Kier molecular flexibility index (Phi) is 8.49. The van der Waals surface area contributed by atoms with E-state index >= 15 is 0 Å². The fourth-order valence-corrected chi connectivity index (χ4v) is 4.31. The van der Waals surface area contributed by atoms with Gasteiger partial charge in [0, 0.05) is 11.1 Å². The van der Waals surface area contributed by atoms with Crippen molar-refractivity contribution < 1.29 is 14.6 Å². The average molecular weight is 431 g/mol. The molecule has 0 aromatic heterocycles. The van der Waals surface area contributed by atoms with E-state index in [1.54, 1.807) is 12.1 Å². The maximum atomic E-state index is 11.3. The van der Waals surface area contributed by atoms with Gasteiger partial charge < -0.3 is 9.84 Å². The monoisotopic (exact) mass is 430 g/mol. The molecule has 0 aliphatic rings. The predicted molar refractivity (Wildman–Crippen MR) is 132 cm³/mol. The summed E-state index contributed by atoms with van der Waals surface area (Å²) in [6.07, 6.45) is 7.18. The molecule has 3 heteroatoms. The number of phenols is 1. The van der Waals surface area contributed by atoms with Crippen LogP contribution in [0.3, 0.4) is 0 Å². The van der Waals surface area contributed by atoms with Gasteiger partial charge in [0.25, 0.3) is 0 Å². The summed E-state index contributed by atoms with van der Waals surface area (Å²) in [5, 5.41) is 10.6. The number of aldehydes is 1. The lowest BCUT2D eigenvalue weighted by atomic mass is 9.91. The quantitative estimate of drug-likeness (QED) is 0.324. The topological polar surface area (TPSA) is 46.5 Å². The molecule has 32 heavy (non-hydrogen) atoms. The van der Waals surface area contributed by atoms with Gasteiger partial charge in [0.05, 0.1) is 5.56 Å². The highest BCUT2D eigenvalue weighted by molar-refractivity contribution is 5.87. The summed E-state index contributed by atoms with van der Waals surface area (Å²) in [7, 11) is 0. The molecule has 0 bridgehead atoms. The molecule has 168 valence electrons. The Labute approximate surface area is 192 Å². The minimum absolute atomic E-state index is 0.0131. The lowest BCUT2D eigenvalue weighted by Gasteiger charge is -2.19. The van der Waals surface area contributed by atoms with Gasteiger partial charge in [0.15, 0.2) is 6.29 Å². The van der Waals surface area contributed by atoms with Gasteiger partial charge in [-0.05, 0) is 53.6 Å². The fraction of sp³-hybridized carbons (Fsp3) is 0.345. The lowest BCUT2D eigenvalue weighted by Crippen LogP contribution is -2.07. The molecule has 0 radical (unpaired) electrons. The van der Waals surface area contributed by atoms with Crippen molar-refractivity contribution in [2.24, 2.45) is 0 Å². The third-order valence-corrected chi connectivity index (χ3v) is 5.82. The number of para-hydroxylation sites is 2. The number of benzene rings is 3. The summed E-state index contributed by atoms with van der Waals surface area (Å²) in [5.74, 6) is 0.689. The number of phenolic OH excluding ortho intramolecular Hbond substituents is 1. The van der Waals surface area contributed by atoms with Crippen molar-refractivity contribution in [3.63, 3.8) is 0 Å². The summed E-state index contributed by atoms with van der Waals surface area (Å²) >= 11 is 0. The molecule has 0 aliphatic heterocycles. The summed E-state index contributed by atoms with van der Waals surface area (Å²) in [6, 6.07) is 17.6. The standard InChI is InChI=1S/C29H34O3/c1-4-10-21-17-22(11-5-2)27(23(18-21)12-6-3)20-32-28-16-8-7-14-25(28)26-15-9-13-24(19-30)29(26)31/h7-9,13-19,31H,4-6,10-12,20H2,1-3H3. The van der Waals surface area contributed by atoms with E-state index in [0.29, 0.717) is 24.2 Å². The molecule has 3 aromatic carbocycles. The van der Waals surface area contributed by atoms with E-state index in [9.17, 15) is 9.90 Å². The molecule has 0 atom stereocenters. The Morgan fingerprint density at radius 3 is 2.06 bits per heavy atom. The zero-order valence-corrected chi connectivity index (χ0v) is 19.5. The number of carbonyl (C=O) groups excluding carboxylic acids is 1. The van der Waals surface area contributed by atoms with Gasteiger partial charge in [-0.3, -0.25) is 4.79 Å². The van der Waals surface area contributed by atoms with E-state index in [-0.39, 0.29) is 11.3 Å². The van der Waals surface area contributed by atoms with E-state index in [1.165, 1.54) is 22.3 Å². The van der Waals surface area contributed by atoms with E-state index in [4.69, 9.17) is 4.74 Å². The molecular weight excluding hydrogens is 396 g/mol. The summed E-state index contributed by atoms with van der Waals surface area (Å²) in [6.45, 7) is 7.15. The molecule has 0 amide bonds. The Hall–Kier alpha value is -3.07. The van der Waals surface area contributed by atoms with Crippen LogP contribution in [-0.2, 0) is 25.9 Å².